The smallest absolute Gasteiger partial charge is 0.337 e. The molecule has 1 atom stereocenters. The lowest BCUT2D eigenvalue weighted by Crippen LogP contribution is -2.26. The molecule has 0 spiro atoms. The quantitative estimate of drug-likeness (QED) is 0.694. The molecule has 8 heteroatoms. The standard InChI is InChI=1S/C18H23ClN2O4Si/c1-18(24,12-5-6-14(19)13(11-12)16(22)23)15-7-8-20-17(21-15)25-9-10-26(2,3)4/h5-8,11,24H,9-10H2,1-4H3,(H,22,23). The summed E-state index contributed by atoms with van der Waals surface area (Å²) in [4.78, 5) is 19.7. The first-order valence-electron chi connectivity index (χ1n) is 8.23. The zero-order valence-electron chi connectivity index (χ0n) is 15.3. The van der Waals surface area contributed by atoms with Crippen LogP contribution in [-0.2, 0) is 5.60 Å². The molecule has 0 aliphatic heterocycles. The van der Waals surface area contributed by atoms with Crippen LogP contribution in [0.25, 0.3) is 0 Å². The van der Waals surface area contributed by atoms with E-state index in [0.717, 1.165) is 6.04 Å². The van der Waals surface area contributed by atoms with Crippen molar-refractivity contribution in [2.45, 2.75) is 38.2 Å². The number of aliphatic hydroxyl groups is 1. The van der Waals surface area contributed by atoms with Crippen molar-refractivity contribution in [2.24, 2.45) is 0 Å². The highest BCUT2D eigenvalue weighted by molar-refractivity contribution is 6.76. The Morgan fingerprint density at radius 1 is 1.31 bits per heavy atom. The number of hydrogen-bond donors (Lipinski definition) is 2. The van der Waals surface area contributed by atoms with E-state index in [1.165, 1.54) is 25.3 Å². The van der Waals surface area contributed by atoms with E-state index in [1.807, 2.05) is 0 Å². The number of halogens is 1. The molecule has 0 amide bonds. The van der Waals surface area contributed by atoms with Crippen LogP contribution in [0.1, 0.15) is 28.5 Å². The average molecular weight is 395 g/mol. The number of ether oxygens (including phenoxy) is 1. The van der Waals surface area contributed by atoms with Crippen molar-refractivity contribution in [1.82, 2.24) is 9.97 Å². The fourth-order valence-corrected chi connectivity index (χ4v) is 3.18. The highest BCUT2D eigenvalue weighted by atomic mass is 35.5. The summed E-state index contributed by atoms with van der Waals surface area (Å²) < 4.78 is 5.62. The van der Waals surface area contributed by atoms with E-state index in [9.17, 15) is 15.0 Å². The van der Waals surface area contributed by atoms with Crippen LogP contribution in [0.2, 0.25) is 30.7 Å². The third-order valence-corrected chi connectivity index (χ3v) is 6.01. The first kappa shape index (κ1) is 20.4. The zero-order valence-corrected chi connectivity index (χ0v) is 17.0. The number of carboxylic acid groups (broad SMARTS) is 1. The van der Waals surface area contributed by atoms with Crippen molar-refractivity contribution in [3.05, 3.63) is 52.3 Å². The van der Waals surface area contributed by atoms with Crippen LogP contribution in [0.5, 0.6) is 6.01 Å². The van der Waals surface area contributed by atoms with Crippen LogP contribution >= 0.6 is 11.6 Å². The van der Waals surface area contributed by atoms with Crippen molar-refractivity contribution >= 4 is 25.6 Å². The van der Waals surface area contributed by atoms with Crippen LogP contribution in [0.15, 0.2) is 30.5 Å². The summed E-state index contributed by atoms with van der Waals surface area (Å²) in [5.74, 6) is -1.16. The van der Waals surface area contributed by atoms with E-state index in [2.05, 4.69) is 29.6 Å². The maximum atomic E-state index is 11.3. The third kappa shape index (κ3) is 5.03. The van der Waals surface area contributed by atoms with Gasteiger partial charge >= 0.3 is 12.0 Å². The molecule has 6 nitrogen and oxygen atoms in total. The van der Waals surface area contributed by atoms with Gasteiger partial charge in [0.1, 0.15) is 5.60 Å². The van der Waals surface area contributed by atoms with Gasteiger partial charge in [0.05, 0.1) is 22.9 Å². The van der Waals surface area contributed by atoms with Gasteiger partial charge in [0.2, 0.25) is 0 Å². The predicted octanol–water partition coefficient (Wildman–Crippen LogP) is 3.80. The summed E-state index contributed by atoms with van der Waals surface area (Å²) >= 11 is 5.90. The van der Waals surface area contributed by atoms with Crippen LogP contribution < -0.4 is 4.74 Å². The van der Waals surface area contributed by atoms with E-state index in [0.29, 0.717) is 17.9 Å². The highest BCUT2D eigenvalue weighted by Gasteiger charge is 2.29. The van der Waals surface area contributed by atoms with Gasteiger partial charge in [-0.1, -0.05) is 37.3 Å². The molecule has 2 aromatic rings. The number of rotatable bonds is 7. The van der Waals surface area contributed by atoms with E-state index < -0.39 is 19.6 Å². The number of aromatic nitrogens is 2. The Labute approximate surface area is 158 Å². The molecular weight excluding hydrogens is 372 g/mol. The van der Waals surface area contributed by atoms with Gasteiger partial charge in [0, 0.05) is 14.3 Å². The number of benzene rings is 1. The summed E-state index contributed by atoms with van der Waals surface area (Å²) in [5, 5.41) is 20.3. The Morgan fingerprint density at radius 3 is 2.62 bits per heavy atom. The molecule has 140 valence electrons. The molecule has 0 bridgehead atoms. The van der Waals surface area contributed by atoms with Crippen molar-refractivity contribution in [1.29, 1.82) is 0 Å². The predicted molar refractivity (Wildman–Crippen MR) is 103 cm³/mol. The second-order valence-electron chi connectivity index (χ2n) is 7.46. The lowest BCUT2D eigenvalue weighted by Gasteiger charge is -2.24. The fourth-order valence-electron chi connectivity index (χ4n) is 2.27. The van der Waals surface area contributed by atoms with Crippen LogP contribution in [0.4, 0.5) is 0 Å². The van der Waals surface area contributed by atoms with Gasteiger partial charge in [-0.15, -0.1) is 0 Å². The van der Waals surface area contributed by atoms with Gasteiger partial charge in [-0.05, 0) is 36.7 Å². The van der Waals surface area contributed by atoms with Crippen molar-refractivity contribution in [3.63, 3.8) is 0 Å². The Hall–Kier alpha value is -1.96. The van der Waals surface area contributed by atoms with Gasteiger partial charge in [0.15, 0.2) is 0 Å². The second kappa shape index (κ2) is 7.73. The Balaban J connectivity index is 2.28. The Morgan fingerprint density at radius 2 is 2.00 bits per heavy atom. The molecule has 0 aliphatic carbocycles. The maximum absolute atomic E-state index is 11.3. The third-order valence-electron chi connectivity index (χ3n) is 3.97. The summed E-state index contributed by atoms with van der Waals surface area (Å²) in [6.07, 6.45) is 1.51. The first-order chi connectivity index (χ1) is 12.0. The molecule has 0 fully saturated rings. The van der Waals surface area contributed by atoms with Crippen LogP contribution in [-0.4, -0.2) is 40.8 Å². The van der Waals surface area contributed by atoms with Gasteiger partial charge in [-0.2, -0.15) is 4.98 Å². The molecule has 0 saturated carbocycles. The van der Waals surface area contributed by atoms with E-state index in [1.54, 1.807) is 12.1 Å². The summed E-state index contributed by atoms with van der Waals surface area (Å²) in [7, 11) is -1.23. The Kier molecular flexibility index (Phi) is 6.05. The normalized spacial score (nSPS) is 13.9. The number of aromatic carboxylic acids is 1. The lowest BCUT2D eigenvalue weighted by atomic mass is 9.91. The molecule has 26 heavy (non-hydrogen) atoms. The van der Waals surface area contributed by atoms with Crippen LogP contribution in [0.3, 0.4) is 0 Å². The highest BCUT2D eigenvalue weighted by Crippen LogP contribution is 2.31. The lowest BCUT2D eigenvalue weighted by molar-refractivity contribution is 0.0695. The SMILES string of the molecule is CC(O)(c1ccc(Cl)c(C(=O)O)c1)c1ccnc(OCC[Si](C)(C)C)n1. The van der Waals surface area contributed by atoms with E-state index in [-0.39, 0.29) is 16.6 Å². The molecule has 0 saturated heterocycles. The van der Waals surface area contributed by atoms with Gasteiger partial charge < -0.3 is 14.9 Å². The molecule has 0 aliphatic rings. The molecule has 1 unspecified atom stereocenters. The molecule has 2 N–H and O–H groups in total. The monoisotopic (exact) mass is 394 g/mol. The fraction of sp³-hybridized carbons (Fsp3) is 0.389. The summed E-state index contributed by atoms with van der Waals surface area (Å²) in [6, 6.07) is 7.09. The van der Waals surface area contributed by atoms with Crippen molar-refractivity contribution < 1.29 is 19.7 Å². The second-order valence-corrected chi connectivity index (χ2v) is 13.5. The molecular formula is C18H23ClN2O4Si. The Bertz CT molecular complexity index is 806. The first-order valence-corrected chi connectivity index (χ1v) is 12.3. The van der Waals surface area contributed by atoms with Crippen LogP contribution in [0, 0.1) is 0 Å². The van der Waals surface area contributed by atoms with Crippen molar-refractivity contribution in [2.75, 3.05) is 6.61 Å². The largest absolute Gasteiger partial charge is 0.478 e. The molecule has 1 heterocycles. The number of carboxylic acids is 1. The molecule has 0 radical (unpaired) electrons. The number of carbonyl (C=O) groups is 1. The van der Waals surface area contributed by atoms with Gasteiger partial charge in [-0.3, -0.25) is 0 Å². The molecule has 1 aromatic carbocycles. The molecule has 1 aromatic heterocycles. The zero-order chi connectivity index (χ0) is 19.5. The maximum Gasteiger partial charge on any atom is 0.337 e. The number of nitrogens with zero attached hydrogens (tertiary/aromatic N) is 2. The minimum Gasteiger partial charge on any atom is -0.478 e. The van der Waals surface area contributed by atoms with Gasteiger partial charge in [-0.25, -0.2) is 9.78 Å². The number of hydrogen-bond acceptors (Lipinski definition) is 5. The average Bonchev–Trinajstić information content (AvgIpc) is 2.54. The topological polar surface area (TPSA) is 92.5 Å². The van der Waals surface area contributed by atoms with Crippen molar-refractivity contribution in [3.8, 4) is 6.01 Å². The summed E-state index contributed by atoms with van der Waals surface area (Å²) in [5.41, 5.74) is -0.917. The van der Waals surface area contributed by atoms with Gasteiger partial charge in [0.25, 0.3) is 0 Å². The van der Waals surface area contributed by atoms with E-state index in [4.69, 9.17) is 16.3 Å². The molecule has 2 rings (SSSR count). The van der Waals surface area contributed by atoms with E-state index >= 15 is 0 Å². The summed E-state index contributed by atoms with van der Waals surface area (Å²) in [6.45, 7) is 8.80. The minimum absolute atomic E-state index is 0.0786. The minimum atomic E-state index is -1.52.